The van der Waals surface area contributed by atoms with Crippen LogP contribution in [-0.2, 0) is 6.42 Å². The van der Waals surface area contributed by atoms with Crippen LogP contribution in [0.2, 0.25) is 0 Å². The summed E-state index contributed by atoms with van der Waals surface area (Å²) in [7, 11) is 0. The van der Waals surface area contributed by atoms with Crippen molar-refractivity contribution in [3.8, 4) is 5.75 Å². The lowest BCUT2D eigenvalue weighted by Crippen LogP contribution is -2.10. The molecule has 0 bridgehead atoms. The van der Waals surface area contributed by atoms with Gasteiger partial charge in [-0.15, -0.1) is 0 Å². The lowest BCUT2D eigenvalue weighted by molar-refractivity contribution is 0.143. The molecular formula is C18H21NO2. The van der Waals surface area contributed by atoms with Gasteiger partial charge in [-0.25, -0.2) is 0 Å². The van der Waals surface area contributed by atoms with Crippen molar-refractivity contribution in [2.45, 2.75) is 44.8 Å². The first-order chi connectivity index (χ1) is 10.1. The van der Waals surface area contributed by atoms with E-state index in [0.717, 1.165) is 29.8 Å². The van der Waals surface area contributed by atoms with Gasteiger partial charge < -0.3 is 9.84 Å². The number of aliphatic hydroxyl groups excluding tert-OH is 1. The SMILES string of the molecule is CC(C)Oc1ccc(C(O)C2CCc3cccnc32)cc1. The molecule has 3 rings (SSSR count). The molecule has 0 fully saturated rings. The Hall–Kier alpha value is -1.87. The first kappa shape index (κ1) is 14.1. The van der Waals surface area contributed by atoms with E-state index in [-0.39, 0.29) is 12.0 Å². The van der Waals surface area contributed by atoms with Crippen molar-refractivity contribution in [1.29, 1.82) is 0 Å². The molecule has 3 nitrogen and oxygen atoms in total. The van der Waals surface area contributed by atoms with Crippen molar-refractivity contribution >= 4 is 0 Å². The van der Waals surface area contributed by atoms with E-state index in [2.05, 4.69) is 11.1 Å². The average Bonchev–Trinajstić information content (AvgIpc) is 2.90. The Morgan fingerprint density at radius 2 is 1.95 bits per heavy atom. The van der Waals surface area contributed by atoms with Crippen molar-refractivity contribution in [2.75, 3.05) is 0 Å². The molecule has 1 aliphatic rings. The van der Waals surface area contributed by atoms with E-state index in [4.69, 9.17) is 4.74 Å². The maximum absolute atomic E-state index is 10.7. The highest BCUT2D eigenvalue weighted by Gasteiger charge is 2.30. The molecule has 0 spiro atoms. The van der Waals surface area contributed by atoms with Crippen LogP contribution in [0.4, 0.5) is 0 Å². The zero-order valence-corrected chi connectivity index (χ0v) is 12.5. The summed E-state index contributed by atoms with van der Waals surface area (Å²) in [6.45, 7) is 4.01. The Morgan fingerprint density at radius 3 is 2.67 bits per heavy atom. The van der Waals surface area contributed by atoms with Crippen molar-refractivity contribution in [1.82, 2.24) is 4.98 Å². The van der Waals surface area contributed by atoms with Crippen LogP contribution in [0.3, 0.4) is 0 Å². The lowest BCUT2D eigenvalue weighted by Gasteiger charge is -2.19. The fourth-order valence-electron chi connectivity index (χ4n) is 3.00. The van der Waals surface area contributed by atoms with Crippen LogP contribution in [0.15, 0.2) is 42.6 Å². The molecule has 0 radical (unpaired) electrons. The van der Waals surface area contributed by atoms with E-state index in [1.54, 1.807) is 0 Å². The Labute approximate surface area is 125 Å². The van der Waals surface area contributed by atoms with E-state index in [0.29, 0.717) is 0 Å². The number of rotatable bonds is 4. The molecular weight excluding hydrogens is 262 g/mol. The second-order valence-corrected chi connectivity index (χ2v) is 5.87. The van der Waals surface area contributed by atoms with Gasteiger partial charge in [0.1, 0.15) is 5.75 Å². The van der Waals surface area contributed by atoms with E-state index < -0.39 is 6.10 Å². The van der Waals surface area contributed by atoms with Crippen LogP contribution in [0.25, 0.3) is 0 Å². The minimum Gasteiger partial charge on any atom is -0.491 e. The van der Waals surface area contributed by atoms with Crippen molar-refractivity contribution in [3.63, 3.8) is 0 Å². The van der Waals surface area contributed by atoms with E-state index in [1.807, 2.05) is 50.4 Å². The normalized spacial score (nSPS) is 18.6. The van der Waals surface area contributed by atoms with Gasteiger partial charge in [-0.2, -0.15) is 0 Å². The maximum Gasteiger partial charge on any atom is 0.119 e. The van der Waals surface area contributed by atoms with Crippen LogP contribution in [0.1, 0.15) is 49.1 Å². The fourth-order valence-corrected chi connectivity index (χ4v) is 3.00. The van der Waals surface area contributed by atoms with Crippen LogP contribution >= 0.6 is 0 Å². The summed E-state index contributed by atoms with van der Waals surface area (Å²) in [6, 6.07) is 11.8. The minimum absolute atomic E-state index is 0.0954. The van der Waals surface area contributed by atoms with Gasteiger partial charge >= 0.3 is 0 Å². The third-order valence-electron chi connectivity index (χ3n) is 3.98. The first-order valence-electron chi connectivity index (χ1n) is 7.53. The van der Waals surface area contributed by atoms with Crippen LogP contribution in [0, 0.1) is 0 Å². The van der Waals surface area contributed by atoms with Gasteiger partial charge in [-0.05, 0) is 56.0 Å². The summed E-state index contributed by atoms with van der Waals surface area (Å²) in [5, 5.41) is 10.7. The Morgan fingerprint density at radius 1 is 1.19 bits per heavy atom. The summed E-state index contributed by atoms with van der Waals surface area (Å²) in [5.41, 5.74) is 3.24. The topological polar surface area (TPSA) is 42.4 Å². The first-order valence-corrected chi connectivity index (χ1v) is 7.53. The number of aliphatic hydroxyl groups is 1. The van der Waals surface area contributed by atoms with E-state index in [9.17, 15) is 5.11 Å². The highest BCUT2D eigenvalue weighted by Crippen LogP contribution is 2.40. The molecule has 0 saturated carbocycles. The van der Waals surface area contributed by atoms with Gasteiger partial charge in [0, 0.05) is 17.8 Å². The van der Waals surface area contributed by atoms with E-state index in [1.165, 1.54) is 5.56 Å². The Balaban J connectivity index is 1.78. The molecule has 2 atom stereocenters. The lowest BCUT2D eigenvalue weighted by atomic mass is 9.93. The monoisotopic (exact) mass is 283 g/mol. The number of pyridine rings is 1. The molecule has 0 saturated heterocycles. The highest BCUT2D eigenvalue weighted by molar-refractivity contribution is 5.34. The number of fused-ring (bicyclic) bond motifs is 1. The maximum atomic E-state index is 10.7. The number of hydrogen-bond donors (Lipinski definition) is 1. The standard InChI is InChI=1S/C18H21NO2/c1-12(2)21-15-8-5-14(6-9-15)18(20)16-10-7-13-4-3-11-19-17(13)16/h3-6,8-9,11-12,16,18,20H,7,10H2,1-2H3. The third-order valence-corrected chi connectivity index (χ3v) is 3.98. The van der Waals surface area contributed by atoms with Crippen LogP contribution < -0.4 is 4.74 Å². The number of aryl methyl sites for hydroxylation is 1. The third kappa shape index (κ3) is 2.93. The van der Waals surface area contributed by atoms with Crippen molar-refractivity contribution in [2.24, 2.45) is 0 Å². The van der Waals surface area contributed by atoms with Crippen molar-refractivity contribution < 1.29 is 9.84 Å². The zero-order valence-electron chi connectivity index (χ0n) is 12.5. The average molecular weight is 283 g/mol. The number of ether oxygens (including phenoxy) is 1. The molecule has 110 valence electrons. The molecule has 1 N–H and O–H groups in total. The molecule has 21 heavy (non-hydrogen) atoms. The fraction of sp³-hybridized carbons (Fsp3) is 0.389. The van der Waals surface area contributed by atoms with Gasteiger partial charge in [0.05, 0.1) is 12.2 Å². The molecule has 1 aliphatic carbocycles. The number of aromatic nitrogens is 1. The van der Waals surface area contributed by atoms with E-state index >= 15 is 0 Å². The molecule has 1 aromatic heterocycles. The number of nitrogens with zero attached hydrogens (tertiary/aromatic N) is 1. The van der Waals surface area contributed by atoms with Crippen LogP contribution in [0.5, 0.6) is 5.75 Å². The smallest absolute Gasteiger partial charge is 0.119 e. The van der Waals surface area contributed by atoms with Gasteiger partial charge in [-0.1, -0.05) is 18.2 Å². The highest BCUT2D eigenvalue weighted by atomic mass is 16.5. The largest absolute Gasteiger partial charge is 0.491 e. The molecule has 1 heterocycles. The van der Waals surface area contributed by atoms with Gasteiger partial charge in [0.25, 0.3) is 0 Å². The summed E-state index contributed by atoms with van der Waals surface area (Å²) >= 11 is 0. The van der Waals surface area contributed by atoms with Crippen LogP contribution in [-0.4, -0.2) is 16.2 Å². The summed E-state index contributed by atoms with van der Waals surface area (Å²) in [6.07, 6.45) is 3.42. The minimum atomic E-state index is -0.505. The number of hydrogen-bond acceptors (Lipinski definition) is 3. The summed E-state index contributed by atoms with van der Waals surface area (Å²) < 4.78 is 5.64. The molecule has 0 aliphatic heterocycles. The summed E-state index contributed by atoms with van der Waals surface area (Å²) in [4.78, 5) is 4.46. The molecule has 0 amide bonds. The Bertz CT molecular complexity index is 607. The van der Waals surface area contributed by atoms with Gasteiger partial charge in [-0.3, -0.25) is 4.98 Å². The second kappa shape index (κ2) is 5.86. The Kier molecular flexibility index (Phi) is 3.93. The van der Waals surface area contributed by atoms with Gasteiger partial charge in [0.15, 0.2) is 0 Å². The number of benzene rings is 1. The molecule has 2 aromatic rings. The summed E-state index contributed by atoms with van der Waals surface area (Å²) in [5.74, 6) is 0.934. The molecule has 1 aromatic carbocycles. The van der Waals surface area contributed by atoms with Crippen molar-refractivity contribution in [3.05, 3.63) is 59.4 Å². The zero-order chi connectivity index (χ0) is 14.8. The molecule has 3 heteroatoms. The predicted molar refractivity (Wildman–Crippen MR) is 82.5 cm³/mol. The second-order valence-electron chi connectivity index (χ2n) is 5.87. The predicted octanol–water partition coefficient (Wildman–Crippen LogP) is 3.63. The van der Waals surface area contributed by atoms with Gasteiger partial charge in [0.2, 0.25) is 0 Å². The quantitative estimate of drug-likeness (QED) is 0.931. The molecule has 2 unspecified atom stereocenters.